The van der Waals surface area contributed by atoms with Crippen LogP contribution < -0.4 is 4.90 Å². The summed E-state index contributed by atoms with van der Waals surface area (Å²) in [5, 5.41) is 11.8. The van der Waals surface area contributed by atoms with Crippen LogP contribution in [-0.2, 0) is 11.2 Å². The van der Waals surface area contributed by atoms with E-state index in [0.29, 0.717) is 44.3 Å². The summed E-state index contributed by atoms with van der Waals surface area (Å²) in [6, 6.07) is 7.31. The molecule has 1 saturated heterocycles. The molecule has 1 aliphatic heterocycles. The Labute approximate surface area is 180 Å². The van der Waals surface area contributed by atoms with Crippen LogP contribution in [0.25, 0.3) is 11.0 Å². The molecule has 3 aromatic rings. The molecule has 1 aromatic carbocycles. The molecule has 0 spiro atoms. The lowest BCUT2D eigenvalue weighted by Crippen LogP contribution is -2.49. The maximum absolute atomic E-state index is 12.9. The number of aryl methyl sites for hydroxylation is 1. The minimum Gasteiger partial charge on any atom is -0.464 e. The number of pyridine rings is 1. The Bertz CT molecular complexity index is 1110. The molecule has 1 fully saturated rings. The van der Waals surface area contributed by atoms with Gasteiger partial charge in [-0.2, -0.15) is 0 Å². The second-order valence-corrected chi connectivity index (χ2v) is 8.30. The van der Waals surface area contributed by atoms with Gasteiger partial charge in [-0.25, -0.2) is 4.98 Å². The van der Waals surface area contributed by atoms with Crippen molar-refractivity contribution in [1.29, 1.82) is 0 Å². The molecule has 0 atom stereocenters. The SMILES string of the molecule is Cc1cc2occ(CC(=O)N3CCN(c4ccc([N+](=O)[O-])cn4)CC3)c2cc1C(C)C. The van der Waals surface area contributed by atoms with Crippen molar-refractivity contribution in [3.05, 3.63) is 63.5 Å². The van der Waals surface area contributed by atoms with Crippen molar-refractivity contribution in [2.75, 3.05) is 31.1 Å². The Balaban J connectivity index is 1.41. The van der Waals surface area contributed by atoms with Gasteiger partial charge in [0.2, 0.25) is 5.91 Å². The first-order valence-corrected chi connectivity index (χ1v) is 10.5. The second kappa shape index (κ2) is 8.37. The van der Waals surface area contributed by atoms with Gasteiger partial charge in [-0.15, -0.1) is 0 Å². The molecule has 8 heteroatoms. The Hall–Kier alpha value is -3.42. The molecule has 4 rings (SSSR count). The topological polar surface area (TPSA) is 92.7 Å². The number of furan rings is 1. The Kier molecular flexibility index (Phi) is 5.63. The van der Waals surface area contributed by atoms with Gasteiger partial charge in [0.05, 0.1) is 17.6 Å². The number of piperazine rings is 1. The Morgan fingerprint density at radius 2 is 1.97 bits per heavy atom. The van der Waals surface area contributed by atoms with Crippen molar-refractivity contribution >= 4 is 28.4 Å². The van der Waals surface area contributed by atoms with Crippen molar-refractivity contribution in [2.24, 2.45) is 0 Å². The van der Waals surface area contributed by atoms with Crippen LogP contribution in [0, 0.1) is 17.0 Å². The highest BCUT2D eigenvalue weighted by atomic mass is 16.6. The molecule has 1 aliphatic rings. The maximum atomic E-state index is 12.9. The number of rotatable bonds is 5. The lowest BCUT2D eigenvalue weighted by molar-refractivity contribution is -0.385. The van der Waals surface area contributed by atoms with E-state index >= 15 is 0 Å². The summed E-state index contributed by atoms with van der Waals surface area (Å²) in [7, 11) is 0. The van der Waals surface area contributed by atoms with Gasteiger partial charge in [0, 0.05) is 43.2 Å². The van der Waals surface area contributed by atoms with Gasteiger partial charge in [-0.1, -0.05) is 13.8 Å². The smallest absolute Gasteiger partial charge is 0.287 e. The van der Waals surface area contributed by atoms with Crippen LogP contribution in [-0.4, -0.2) is 46.9 Å². The van der Waals surface area contributed by atoms with E-state index in [-0.39, 0.29) is 11.6 Å². The first kappa shape index (κ1) is 20.8. The number of amides is 1. The first-order chi connectivity index (χ1) is 14.8. The molecular formula is C23H26N4O4. The fraction of sp³-hybridized carbons (Fsp3) is 0.391. The summed E-state index contributed by atoms with van der Waals surface area (Å²) in [6.07, 6.45) is 3.27. The molecule has 8 nitrogen and oxygen atoms in total. The van der Waals surface area contributed by atoms with Gasteiger partial charge < -0.3 is 14.2 Å². The quantitative estimate of drug-likeness (QED) is 0.455. The van der Waals surface area contributed by atoms with E-state index in [9.17, 15) is 14.9 Å². The van der Waals surface area contributed by atoms with Crippen molar-refractivity contribution in [3.8, 4) is 0 Å². The molecule has 162 valence electrons. The number of hydrogen-bond acceptors (Lipinski definition) is 6. The third-order valence-corrected chi connectivity index (χ3v) is 5.91. The summed E-state index contributed by atoms with van der Waals surface area (Å²) in [4.78, 5) is 31.3. The largest absolute Gasteiger partial charge is 0.464 e. The van der Waals surface area contributed by atoms with E-state index < -0.39 is 4.92 Å². The van der Waals surface area contributed by atoms with Crippen molar-refractivity contribution in [1.82, 2.24) is 9.88 Å². The molecule has 2 aromatic heterocycles. The van der Waals surface area contributed by atoms with Crippen LogP contribution in [0.5, 0.6) is 0 Å². The van der Waals surface area contributed by atoms with E-state index in [1.165, 1.54) is 23.4 Å². The van der Waals surface area contributed by atoms with Gasteiger partial charge >= 0.3 is 0 Å². The summed E-state index contributed by atoms with van der Waals surface area (Å²) >= 11 is 0. The van der Waals surface area contributed by atoms with E-state index in [1.54, 1.807) is 12.3 Å². The number of nitro groups is 1. The number of anilines is 1. The highest BCUT2D eigenvalue weighted by Crippen LogP contribution is 2.29. The minimum atomic E-state index is -0.460. The summed E-state index contributed by atoms with van der Waals surface area (Å²) in [5.74, 6) is 1.17. The fourth-order valence-electron chi connectivity index (χ4n) is 4.14. The molecule has 3 heterocycles. The standard InChI is InChI=1S/C23H26N4O4/c1-15(2)19-12-20-17(14-31-21(20)10-16(19)3)11-23(28)26-8-6-25(7-9-26)22-5-4-18(13-24-22)27(29)30/h4-5,10,12-15H,6-9,11H2,1-3H3. The van der Waals surface area contributed by atoms with Gasteiger partial charge in [0.25, 0.3) is 5.69 Å². The zero-order chi connectivity index (χ0) is 22.1. The normalized spacial score (nSPS) is 14.5. The van der Waals surface area contributed by atoms with Crippen LogP contribution in [0.1, 0.15) is 36.5 Å². The van der Waals surface area contributed by atoms with E-state index in [2.05, 4.69) is 37.9 Å². The van der Waals surface area contributed by atoms with E-state index in [0.717, 1.165) is 16.5 Å². The third kappa shape index (κ3) is 4.23. The zero-order valence-electron chi connectivity index (χ0n) is 18.0. The molecule has 0 bridgehead atoms. The molecule has 0 radical (unpaired) electrons. The monoisotopic (exact) mass is 422 g/mol. The predicted octanol–water partition coefficient (Wildman–Crippen LogP) is 4.06. The number of hydrogen-bond donors (Lipinski definition) is 0. The minimum absolute atomic E-state index is 0.0271. The van der Waals surface area contributed by atoms with Gasteiger partial charge in [-0.3, -0.25) is 14.9 Å². The van der Waals surface area contributed by atoms with Crippen LogP contribution >= 0.6 is 0 Å². The van der Waals surface area contributed by atoms with Crippen LogP contribution in [0.2, 0.25) is 0 Å². The van der Waals surface area contributed by atoms with Gasteiger partial charge in [-0.05, 0) is 42.2 Å². The molecule has 1 amide bonds. The summed E-state index contributed by atoms with van der Waals surface area (Å²) in [6.45, 7) is 8.87. The summed E-state index contributed by atoms with van der Waals surface area (Å²) < 4.78 is 5.72. The molecule has 0 saturated carbocycles. The predicted molar refractivity (Wildman–Crippen MR) is 118 cm³/mol. The van der Waals surface area contributed by atoms with Gasteiger partial charge in [0.1, 0.15) is 17.6 Å². The third-order valence-electron chi connectivity index (χ3n) is 5.91. The van der Waals surface area contributed by atoms with E-state index in [4.69, 9.17) is 4.42 Å². The van der Waals surface area contributed by atoms with Crippen molar-refractivity contribution in [3.63, 3.8) is 0 Å². The van der Waals surface area contributed by atoms with Crippen LogP contribution in [0.3, 0.4) is 0 Å². The molecular weight excluding hydrogens is 396 g/mol. The number of aromatic nitrogens is 1. The number of nitrogens with zero attached hydrogens (tertiary/aromatic N) is 4. The van der Waals surface area contributed by atoms with Crippen molar-refractivity contribution < 1.29 is 14.1 Å². The van der Waals surface area contributed by atoms with Crippen LogP contribution in [0.4, 0.5) is 11.5 Å². The number of fused-ring (bicyclic) bond motifs is 1. The highest BCUT2D eigenvalue weighted by molar-refractivity contribution is 5.88. The highest BCUT2D eigenvalue weighted by Gasteiger charge is 2.23. The molecule has 0 N–H and O–H groups in total. The second-order valence-electron chi connectivity index (χ2n) is 8.30. The molecule has 31 heavy (non-hydrogen) atoms. The number of benzene rings is 1. The lowest BCUT2D eigenvalue weighted by atomic mass is 9.95. The Morgan fingerprint density at radius 1 is 1.23 bits per heavy atom. The van der Waals surface area contributed by atoms with E-state index in [1.807, 2.05) is 9.80 Å². The Morgan fingerprint density at radius 3 is 2.58 bits per heavy atom. The zero-order valence-corrected chi connectivity index (χ0v) is 18.0. The fourth-order valence-corrected chi connectivity index (χ4v) is 4.14. The van der Waals surface area contributed by atoms with Crippen molar-refractivity contribution in [2.45, 2.75) is 33.1 Å². The lowest BCUT2D eigenvalue weighted by Gasteiger charge is -2.35. The van der Waals surface area contributed by atoms with Gasteiger partial charge in [0.15, 0.2) is 0 Å². The average molecular weight is 422 g/mol. The molecule has 0 aliphatic carbocycles. The summed E-state index contributed by atoms with van der Waals surface area (Å²) in [5.41, 5.74) is 4.18. The average Bonchev–Trinajstić information content (AvgIpc) is 3.14. The number of carbonyl (C=O) groups excluding carboxylic acids is 1. The molecule has 0 unspecified atom stereocenters. The first-order valence-electron chi connectivity index (χ1n) is 10.5. The maximum Gasteiger partial charge on any atom is 0.287 e. The number of carbonyl (C=O) groups is 1. The van der Waals surface area contributed by atoms with Crippen LogP contribution in [0.15, 0.2) is 41.1 Å².